The Hall–Kier alpha value is -0.0900. The van der Waals surface area contributed by atoms with E-state index in [1.165, 1.54) is 6.42 Å². The summed E-state index contributed by atoms with van der Waals surface area (Å²) in [4.78, 5) is 0. The molecule has 0 aliphatic heterocycles. The fraction of sp³-hybridized carbons (Fsp3) is 1.00. The van der Waals surface area contributed by atoms with Crippen LogP contribution in [0.4, 0.5) is 0 Å². The van der Waals surface area contributed by atoms with Gasteiger partial charge in [-0.05, 0) is 25.2 Å². The highest BCUT2D eigenvalue weighted by molar-refractivity contribution is 7.89. The Balaban J connectivity index is 2.44. The topological polar surface area (TPSA) is 46.2 Å². The largest absolute Gasteiger partial charge is 0.212 e. The highest BCUT2D eigenvalue weighted by Gasteiger charge is 2.25. The summed E-state index contributed by atoms with van der Waals surface area (Å²) in [5.74, 6) is 0.780. The van der Waals surface area contributed by atoms with Gasteiger partial charge in [0.15, 0.2) is 0 Å². The van der Waals surface area contributed by atoms with E-state index in [0.29, 0.717) is 5.92 Å². The van der Waals surface area contributed by atoms with Crippen molar-refractivity contribution in [1.82, 2.24) is 4.72 Å². The van der Waals surface area contributed by atoms with Crippen LogP contribution in [0, 0.1) is 5.92 Å². The number of hydrogen-bond acceptors (Lipinski definition) is 2. The minimum Gasteiger partial charge on any atom is -0.212 e. The van der Waals surface area contributed by atoms with Crippen molar-refractivity contribution >= 4 is 10.0 Å². The molecule has 0 unspecified atom stereocenters. The zero-order valence-electron chi connectivity index (χ0n) is 9.83. The fourth-order valence-electron chi connectivity index (χ4n) is 2.12. The molecule has 2 atom stereocenters. The Morgan fingerprint density at radius 2 is 1.93 bits per heavy atom. The van der Waals surface area contributed by atoms with Gasteiger partial charge in [0, 0.05) is 6.04 Å². The second-order valence-corrected chi connectivity index (χ2v) is 6.53. The monoisotopic (exact) mass is 233 g/mol. The van der Waals surface area contributed by atoms with Gasteiger partial charge in [0.1, 0.15) is 0 Å². The molecule has 1 aliphatic rings. The first-order chi connectivity index (χ1) is 7.05. The molecule has 0 radical (unpaired) electrons. The maximum absolute atomic E-state index is 11.7. The summed E-state index contributed by atoms with van der Waals surface area (Å²) in [5, 5.41) is 0. The van der Waals surface area contributed by atoms with Crippen LogP contribution in [0.1, 0.15) is 52.4 Å². The van der Waals surface area contributed by atoms with Gasteiger partial charge in [0.25, 0.3) is 0 Å². The number of hydrogen-bond donors (Lipinski definition) is 1. The second kappa shape index (κ2) is 5.85. The summed E-state index contributed by atoms with van der Waals surface area (Å²) in [6.07, 6.45) is 6.25. The molecule has 1 N–H and O–H groups in total. The zero-order chi connectivity index (χ0) is 11.3. The standard InChI is InChI=1S/C11H23NO2S/c1-3-4-9-15(13,14)12-11-8-6-5-7-10(11)2/h10-12H,3-9H2,1-2H3/t10-,11-/m0/s1. The van der Waals surface area contributed by atoms with Gasteiger partial charge >= 0.3 is 0 Å². The third kappa shape index (κ3) is 4.51. The van der Waals surface area contributed by atoms with Crippen LogP contribution in [0.3, 0.4) is 0 Å². The summed E-state index contributed by atoms with van der Waals surface area (Å²) in [6, 6.07) is 0.181. The predicted octanol–water partition coefficient (Wildman–Crippen LogP) is 2.28. The Labute approximate surface area is 93.7 Å². The third-order valence-electron chi connectivity index (χ3n) is 3.21. The Bertz CT molecular complexity index is 274. The van der Waals surface area contributed by atoms with Crippen LogP contribution >= 0.6 is 0 Å². The number of rotatable bonds is 5. The Kier molecular flexibility index (Phi) is 5.06. The van der Waals surface area contributed by atoms with Crippen molar-refractivity contribution in [3.63, 3.8) is 0 Å². The molecule has 0 aromatic carbocycles. The SMILES string of the molecule is CCCCS(=O)(=O)N[C@H]1CCCC[C@@H]1C. The quantitative estimate of drug-likeness (QED) is 0.792. The van der Waals surface area contributed by atoms with Gasteiger partial charge in [0.2, 0.25) is 10.0 Å². The lowest BCUT2D eigenvalue weighted by atomic mass is 9.87. The van der Waals surface area contributed by atoms with Gasteiger partial charge in [-0.3, -0.25) is 0 Å². The van der Waals surface area contributed by atoms with E-state index in [0.717, 1.165) is 32.1 Å². The minimum absolute atomic E-state index is 0.181. The summed E-state index contributed by atoms with van der Waals surface area (Å²) < 4.78 is 26.2. The smallest absolute Gasteiger partial charge is 0.211 e. The van der Waals surface area contributed by atoms with Crippen molar-refractivity contribution < 1.29 is 8.42 Å². The molecule has 0 aromatic rings. The van der Waals surface area contributed by atoms with Crippen LogP contribution in [-0.2, 0) is 10.0 Å². The molecule has 1 rings (SSSR count). The molecule has 3 nitrogen and oxygen atoms in total. The van der Waals surface area contributed by atoms with Crippen molar-refractivity contribution in [3.05, 3.63) is 0 Å². The lowest BCUT2D eigenvalue weighted by Gasteiger charge is -2.29. The molecule has 15 heavy (non-hydrogen) atoms. The average molecular weight is 233 g/mol. The maximum atomic E-state index is 11.7. The predicted molar refractivity (Wildman–Crippen MR) is 63.3 cm³/mol. The molecule has 1 fully saturated rings. The highest BCUT2D eigenvalue weighted by Crippen LogP contribution is 2.24. The van der Waals surface area contributed by atoms with Crippen LogP contribution < -0.4 is 4.72 Å². The number of nitrogens with one attached hydrogen (secondary N) is 1. The lowest BCUT2D eigenvalue weighted by Crippen LogP contribution is -2.42. The van der Waals surface area contributed by atoms with E-state index in [2.05, 4.69) is 11.6 Å². The minimum atomic E-state index is -3.03. The van der Waals surface area contributed by atoms with E-state index in [-0.39, 0.29) is 11.8 Å². The molecule has 0 aromatic heterocycles. The zero-order valence-corrected chi connectivity index (χ0v) is 10.6. The molecule has 90 valence electrons. The fourth-order valence-corrected chi connectivity index (χ4v) is 3.71. The van der Waals surface area contributed by atoms with Crippen molar-refractivity contribution in [2.24, 2.45) is 5.92 Å². The van der Waals surface area contributed by atoms with Crippen LogP contribution in [0.25, 0.3) is 0 Å². The normalized spacial score (nSPS) is 27.9. The summed E-state index contributed by atoms with van der Waals surface area (Å²) in [5.41, 5.74) is 0. The maximum Gasteiger partial charge on any atom is 0.211 e. The van der Waals surface area contributed by atoms with Crippen LogP contribution in [0.5, 0.6) is 0 Å². The van der Waals surface area contributed by atoms with Crippen molar-refractivity contribution in [2.75, 3.05) is 5.75 Å². The molecule has 0 bridgehead atoms. The van der Waals surface area contributed by atoms with E-state index in [9.17, 15) is 8.42 Å². The average Bonchev–Trinajstić information content (AvgIpc) is 2.18. The van der Waals surface area contributed by atoms with Gasteiger partial charge in [-0.25, -0.2) is 13.1 Å². The van der Waals surface area contributed by atoms with Gasteiger partial charge < -0.3 is 0 Å². The molecule has 0 saturated heterocycles. The van der Waals surface area contributed by atoms with E-state index in [1.807, 2.05) is 6.92 Å². The molecule has 0 heterocycles. The summed E-state index contributed by atoms with van der Waals surface area (Å²) in [7, 11) is -3.03. The van der Waals surface area contributed by atoms with Crippen LogP contribution in [0.15, 0.2) is 0 Å². The van der Waals surface area contributed by atoms with Crippen LogP contribution in [-0.4, -0.2) is 20.2 Å². The summed E-state index contributed by atoms with van der Waals surface area (Å²) in [6.45, 7) is 4.16. The van der Waals surface area contributed by atoms with Gasteiger partial charge in [-0.2, -0.15) is 0 Å². The molecule has 1 aliphatic carbocycles. The lowest BCUT2D eigenvalue weighted by molar-refractivity contribution is 0.310. The van der Waals surface area contributed by atoms with E-state index in [4.69, 9.17) is 0 Å². The van der Waals surface area contributed by atoms with Crippen molar-refractivity contribution in [3.8, 4) is 0 Å². The van der Waals surface area contributed by atoms with Crippen molar-refractivity contribution in [1.29, 1.82) is 0 Å². The molecule has 4 heteroatoms. The molecular weight excluding hydrogens is 210 g/mol. The van der Waals surface area contributed by atoms with Gasteiger partial charge in [0.05, 0.1) is 5.75 Å². The number of unbranched alkanes of at least 4 members (excludes halogenated alkanes) is 1. The van der Waals surface area contributed by atoms with Gasteiger partial charge in [-0.1, -0.05) is 33.1 Å². The molecule has 1 saturated carbocycles. The first-order valence-corrected chi connectivity index (χ1v) is 7.70. The van der Waals surface area contributed by atoms with Crippen molar-refractivity contribution in [2.45, 2.75) is 58.4 Å². The Morgan fingerprint density at radius 1 is 1.27 bits per heavy atom. The Morgan fingerprint density at radius 3 is 2.53 bits per heavy atom. The third-order valence-corrected chi connectivity index (χ3v) is 4.70. The van der Waals surface area contributed by atoms with E-state index >= 15 is 0 Å². The first-order valence-electron chi connectivity index (χ1n) is 6.05. The molecule has 0 spiro atoms. The van der Waals surface area contributed by atoms with E-state index < -0.39 is 10.0 Å². The summed E-state index contributed by atoms with van der Waals surface area (Å²) >= 11 is 0. The van der Waals surface area contributed by atoms with Gasteiger partial charge in [-0.15, -0.1) is 0 Å². The highest BCUT2D eigenvalue weighted by atomic mass is 32.2. The first kappa shape index (κ1) is 13.0. The van der Waals surface area contributed by atoms with Crippen LogP contribution in [0.2, 0.25) is 0 Å². The molecular formula is C11H23NO2S. The molecule has 0 amide bonds. The van der Waals surface area contributed by atoms with E-state index in [1.54, 1.807) is 0 Å². The second-order valence-electron chi connectivity index (χ2n) is 4.66. The number of sulfonamides is 1.